The van der Waals surface area contributed by atoms with Crippen LogP contribution in [-0.2, 0) is 5.41 Å². The van der Waals surface area contributed by atoms with Gasteiger partial charge in [0, 0.05) is 37.8 Å². The standard InChI is InChI=1S/C21H27N3O2/c1-21(2,3)16-6-8-17(9-7-16)23-20(25)24-13-10-18(11-14-24)26-19-5-4-12-22-15-19/h4-9,12,15,18H,10-11,13-14H2,1-3H3,(H,23,25). The number of nitrogens with one attached hydrogen (secondary N) is 1. The fourth-order valence-electron chi connectivity index (χ4n) is 3.04. The van der Waals surface area contributed by atoms with Crippen LogP contribution >= 0.6 is 0 Å². The normalized spacial score (nSPS) is 15.6. The SMILES string of the molecule is CC(C)(C)c1ccc(NC(=O)N2CCC(Oc3cccnc3)CC2)cc1. The first-order chi connectivity index (χ1) is 12.4. The van der Waals surface area contributed by atoms with Crippen molar-refractivity contribution in [3.8, 4) is 5.75 Å². The number of ether oxygens (including phenoxy) is 1. The minimum absolute atomic E-state index is 0.0478. The topological polar surface area (TPSA) is 54.5 Å². The molecule has 26 heavy (non-hydrogen) atoms. The number of likely N-dealkylation sites (tertiary alicyclic amines) is 1. The Balaban J connectivity index is 1.49. The van der Waals surface area contributed by atoms with E-state index in [9.17, 15) is 4.79 Å². The molecule has 0 unspecified atom stereocenters. The van der Waals surface area contributed by atoms with Gasteiger partial charge in [-0.3, -0.25) is 4.98 Å². The number of nitrogens with zero attached hydrogens (tertiary/aromatic N) is 2. The third kappa shape index (κ3) is 4.75. The Morgan fingerprint density at radius 3 is 2.42 bits per heavy atom. The molecule has 1 aliphatic rings. The van der Waals surface area contributed by atoms with Crippen LogP contribution in [0.1, 0.15) is 39.2 Å². The lowest BCUT2D eigenvalue weighted by Gasteiger charge is -2.32. The number of carbonyl (C=O) groups is 1. The first kappa shape index (κ1) is 18.2. The number of urea groups is 1. The van der Waals surface area contributed by atoms with E-state index in [1.165, 1.54) is 5.56 Å². The Morgan fingerprint density at radius 2 is 1.85 bits per heavy atom. The zero-order valence-corrected chi connectivity index (χ0v) is 15.7. The van der Waals surface area contributed by atoms with Gasteiger partial charge in [-0.05, 0) is 35.2 Å². The summed E-state index contributed by atoms with van der Waals surface area (Å²) in [5, 5.41) is 2.99. The third-order valence-corrected chi connectivity index (χ3v) is 4.67. The summed E-state index contributed by atoms with van der Waals surface area (Å²) < 4.78 is 5.93. The molecule has 5 nitrogen and oxygen atoms in total. The molecule has 1 aromatic heterocycles. The molecular weight excluding hydrogens is 326 g/mol. The molecule has 2 heterocycles. The summed E-state index contributed by atoms with van der Waals surface area (Å²) in [6.07, 6.45) is 5.24. The van der Waals surface area contributed by atoms with E-state index in [-0.39, 0.29) is 17.6 Å². The Labute approximate surface area is 155 Å². The van der Waals surface area contributed by atoms with Crippen LogP contribution in [0.15, 0.2) is 48.8 Å². The molecule has 1 aromatic carbocycles. The molecule has 0 saturated carbocycles. The lowest BCUT2D eigenvalue weighted by Crippen LogP contribution is -2.43. The van der Waals surface area contributed by atoms with Crippen molar-refractivity contribution in [1.29, 1.82) is 0 Å². The highest BCUT2D eigenvalue weighted by atomic mass is 16.5. The number of anilines is 1. The first-order valence-electron chi connectivity index (χ1n) is 9.15. The summed E-state index contributed by atoms with van der Waals surface area (Å²) in [4.78, 5) is 18.4. The number of carbonyl (C=O) groups excluding carboxylic acids is 1. The molecular formula is C21H27N3O2. The maximum absolute atomic E-state index is 12.5. The highest BCUT2D eigenvalue weighted by Gasteiger charge is 2.24. The second-order valence-corrected chi connectivity index (χ2v) is 7.75. The van der Waals surface area contributed by atoms with Crippen LogP contribution in [0, 0.1) is 0 Å². The summed E-state index contributed by atoms with van der Waals surface area (Å²) in [5.41, 5.74) is 2.19. The minimum atomic E-state index is -0.0478. The second kappa shape index (κ2) is 7.77. The fourth-order valence-corrected chi connectivity index (χ4v) is 3.04. The fraction of sp³-hybridized carbons (Fsp3) is 0.429. The van der Waals surface area contributed by atoms with E-state index in [2.05, 4.69) is 43.2 Å². The molecule has 0 aliphatic carbocycles. The lowest BCUT2D eigenvalue weighted by molar-refractivity contribution is 0.115. The quantitative estimate of drug-likeness (QED) is 0.887. The largest absolute Gasteiger partial charge is 0.489 e. The molecule has 2 aromatic rings. The molecule has 0 radical (unpaired) electrons. The van der Waals surface area contributed by atoms with E-state index >= 15 is 0 Å². The second-order valence-electron chi connectivity index (χ2n) is 7.75. The van der Waals surface area contributed by atoms with E-state index in [0.29, 0.717) is 13.1 Å². The van der Waals surface area contributed by atoms with Crippen molar-refractivity contribution in [3.63, 3.8) is 0 Å². The molecule has 1 aliphatic heterocycles. The van der Waals surface area contributed by atoms with Gasteiger partial charge in [0.05, 0.1) is 6.20 Å². The van der Waals surface area contributed by atoms with E-state index in [0.717, 1.165) is 24.3 Å². The van der Waals surface area contributed by atoms with Gasteiger partial charge >= 0.3 is 6.03 Å². The van der Waals surface area contributed by atoms with Crippen molar-refractivity contribution < 1.29 is 9.53 Å². The van der Waals surface area contributed by atoms with Crippen LogP contribution in [0.25, 0.3) is 0 Å². The van der Waals surface area contributed by atoms with E-state index in [1.54, 1.807) is 12.4 Å². The predicted molar refractivity (Wildman–Crippen MR) is 104 cm³/mol. The number of amides is 2. The average molecular weight is 353 g/mol. The average Bonchev–Trinajstić information content (AvgIpc) is 2.63. The Bertz CT molecular complexity index is 715. The van der Waals surface area contributed by atoms with Gasteiger partial charge in [0.25, 0.3) is 0 Å². The number of aromatic nitrogens is 1. The highest BCUT2D eigenvalue weighted by Crippen LogP contribution is 2.24. The van der Waals surface area contributed by atoms with Crippen molar-refractivity contribution in [2.75, 3.05) is 18.4 Å². The minimum Gasteiger partial charge on any atom is -0.489 e. The maximum Gasteiger partial charge on any atom is 0.321 e. The number of rotatable bonds is 3. The van der Waals surface area contributed by atoms with Crippen molar-refractivity contribution in [2.24, 2.45) is 0 Å². The number of hydrogen-bond donors (Lipinski definition) is 1. The number of hydrogen-bond acceptors (Lipinski definition) is 3. The third-order valence-electron chi connectivity index (χ3n) is 4.67. The van der Waals surface area contributed by atoms with Crippen LogP contribution in [-0.4, -0.2) is 35.1 Å². The van der Waals surface area contributed by atoms with Crippen LogP contribution in [0.4, 0.5) is 10.5 Å². The van der Waals surface area contributed by atoms with Crippen molar-refractivity contribution in [2.45, 2.75) is 45.1 Å². The number of piperidine rings is 1. The van der Waals surface area contributed by atoms with E-state index < -0.39 is 0 Å². The Kier molecular flexibility index (Phi) is 5.45. The monoisotopic (exact) mass is 353 g/mol. The van der Waals surface area contributed by atoms with Crippen molar-refractivity contribution in [3.05, 3.63) is 54.4 Å². The predicted octanol–water partition coefficient (Wildman–Crippen LogP) is 4.45. The van der Waals surface area contributed by atoms with E-state index in [1.807, 2.05) is 29.2 Å². The molecule has 1 N–H and O–H groups in total. The summed E-state index contributed by atoms with van der Waals surface area (Å²) in [6.45, 7) is 7.92. The van der Waals surface area contributed by atoms with Gasteiger partial charge in [-0.15, -0.1) is 0 Å². The Hall–Kier alpha value is -2.56. The maximum atomic E-state index is 12.5. The molecule has 1 fully saturated rings. The van der Waals surface area contributed by atoms with Gasteiger partial charge < -0.3 is 15.0 Å². The number of pyridine rings is 1. The van der Waals surface area contributed by atoms with Crippen molar-refractivity contribution >= 4 is 11.7 Å². The Morgan fingerprint density at radius 1 is 1.15 bits per heavy atom. The van der Waals surface area contributed by atoms with Crippen molar-refractivity contribution in [1.82, 2.24) is 9.88 Å². The summed E-state index contributed by atoms with van der Waals surface area (Å²) in [7, 11) is 0. The molecule has 0 bridgehead atoms. The smallest absolute Gasteiger partial charge is 0.321 e. The molecule has 1 saturated heterocycles. The number of benzene rings is 1. The van der Waals surface area contributed by atoms with Gasteiger partial charge in [-0.2, -0.15) is 0 Å². The van der Waals surface area contributed by atoms with Gasteiger partial charge in [0.1, 0.15) is 11.9 Å². The molecule has 3 rings (SSSR count). The van der Waals surface area contributed by atoms with Gasteiger partial charge in [0.2, 0.25) is 0 Å². The van der Waals surface area contributed by atoms with Gasteiger partial charge in [-0.25, -0.2) is 4.79 Å². The zero-order valence-electron chi connectivity index (χ0n) is 15.7. The van der Waals surface area contributed by atoms with Crippen LogP contribution in [0.5, 0.6) is 5.75 Å². The summed E-state index contributed by atoms with van der Waals surface area (Å²) >= 11 is 0. The lowest BCUT2D eigenvalue weighted by atomic mass is 9.87. The van der Waals surface area contributed by atoms with E-state index in [4.69, 9.17) is 4.74 Å². The summed E-state index contributed by atoms with van der Waals surface area (Å²) in [5.74, 6) is 0.786. The van der Waals surface area contributed by atoms with Crippen LogP contribution in [0.2, 0.25) is 0 Å². The molecule has 0 atom stereocenters. The highest BCUT2D eigenvalue weighted by molar-refractivity contribution is 5.89. The molecule has 138 valence electrons. The summed E-state index contributed by atoms with van der Waals surface area (Å²) in [6, 6.07) is 11.8. The van der Waals surface area contributed by atoms with Crippen LogP contribution in [0.3, 0.4) is 0 Å². The molecule has 0 spiro atoms. The van der Waals surface area contributed by atoms with Crippen LogP contribution < -0.4 is 10.1 Å². The molecule has 2 amide bonds. The van der Waals surface area contributed by atoms with Gasteiger partial charge in [0.15, 0.2) is 0 Å². The zero-order chi connectivity index (χ0) is 18.6. The van der Waals surface area contributed by atoms with Gasteiger partial charge in [-0.1, -0.05) is 32.9 Å². The first-order valence-corrected chi connectivity index (χ1v) is 9.15. The molecule has 5 heteroatoms.